The van der Waals surface area contributed by atoms with Gasteiger partial charge in [0.05, 0.1) is 30.8 Å². The minimum absolute atomic E-state index is 0.0361. The number of aldehydes is 1. The van der Waals surface area contributed by atoms with Gasteiger partial charge in [-0.15, -0.1) is 5.10 Å². The highest BCUT2D eigenvalue weighted by Crippen LogP contribution is 2.39. The largest absolute Gasteiger partial charge is 0.496 e. The van der Waals surface area contributed by atoms with Gasteiger partial charge in [0.2, 0.25) is 0 Å². The maximum absolute atomic E-state index is 13.8. The number of alkyl halides is 9. The van der Waals surface area contributed by atoms with E-state index in [4.69, 9.17) is 4.74 Å². The van der Waals surface area contributed by atoms with Gasteiger partial charge in [0.1, 0.15) is 12.0 Å². The van der Waals surface area contributed by atoms with Crippen LogP contribution in [0.3, 0.4) is 0 Å². The minimum atomic E-state index is -5.12. The summed E-state index contributed by atoms with van der Waals surface area (Å²) in [6.45, 7) is -1.21. The number of nitrogens with zero attached hydrogens (tertiary/aromatic N) is 5. The molecule has 0 aliphatic rings. The summed E-state index contributed by atoms with van der Waals surface area (Å²) in [5, 5.41) is 11.4. The maximum atomic E-state index is 13.8. The fourth-order valence-electron chi connectivity index (χ4n) is 4.31. The van der Waals surface area contributed by atoms with Gasteiger partial charge in [-0.05, 0) is 70.4 Å². The van der Waals surface area contributed by atoms with E-state index in [0.717, 1.165) is 27.9 Å². The molecule has 1 heterocycles. The second-order valence-electron chi connectivity index (χ2n) is 9.30. The molecule has 0 saturated heterocycles. The van der Waals surface area contributed by atoms with Crippen LogP contribution >= 0.6 is 0 Å². The van der Waals surface area contributed by atoms with E-state index < -0.39 is 53.9 Å². The van der Waals surface area contributed by atoms with Crippen molar-refractivity contribution in [3.63, 3.8) is 0 Å². The maximum Gasteiger partial charge on any atom is 0.416 e. The summed E-state index contributed by atoms with van der Waals surface area (Å²) in [5.41, 5.74) is -4.25. The van der Waals surface area contributed by atoms with Crippen LogP contribution in [0.15, 0.2) is 54.6 Å². The van der Waals surface area contributed by atoms with Crippen LogP contribution in [0.5, 0.6) is 5.75 Å². The smallest absolute Gasteiger partial charge is 0.416 e. The van der Waals surface area contributed by atoms with Crippen molar-refractivity contribution in [2.24, 2.45) is 7.05 Å². The van der Waals surface area contributed by atoms with Crippen molar-refractivity contribution in [3.05, 3.63) is 88.0 Å². The SMILES string of the molecule is COc1ccc(C=O)cc1-c1ccc(C(F)(F)F)cc1CN(Cc1cc(C(F)(F)F)cc(C(F)(F)F)c1)c1nnn(C)n1. The van der Waals surface area contributed by atoms with Gasteiger partial charge < -0.3 is 9.64 Å². The molecule has 0 fully saturated rings. The number of carbonyl (C=O) groups excluding carboxylic acids is 1. The van der Waals surface area contributed by atoms with Crippen molar-refractivity contribution < 1.29 is 49.0 Å². The quantitative estimate of drug-likeness (QED) is 0.157. The van der Waals surface area contributed by atoms with Crippen molar-refractivity contribution in [1.29, 1.82) is 0 Å². The van der Waals surface area contributed by atoms with Crippen molar-refractivity contribution in [1.82, 2.24) is 20.2 Å². The van der Waals surface area contributed by atoms with E-state index in [-0.39, 0.29) is 40.0 Å². The van der Waals surface area contributed by atoms with Gasteiger partial charge in [-0.2, -0.15) is 44.3 Å². The lowest BCUT2D eigenvalue weighted by Gasteiger charge is -2.25. The molecule has 0 unspecified atom stereocenters. The molecule has 43 heavy (non-hydrogen) atoms. The first-order valence-corrected chi connectivity index (χ1v) is 12.1. The fraction of sp³-hybridized carbons (Fsp3) is 0.259. The second kappa shape index (κ2) is 11.6. The van der Waals surface area contributed by atoms with Crippen molar-refractivity contribution >= 4 is 12.2 Å². The van der Waals surface area contributed by atoms with Crippen molar-refractivity contribution in [2.75, 3.05) is 12.0 Å². The highest BCUT2D eigenvalue weighted by atomic mass is 19.4. The molecule has 3 aromatic carbocycles. The first kappa shape index (κ1) is 31.3. The van der Waals surface area contributed by atoms with Gasteiger partial charge in [0, 0.05) is 24.2 Å². The first-order valence-electron chi connectivity index (χ1n) is 12.1. The third-order valence-electron chi connectivity index (χ3n) is 6.25. The number of ether oxygens (including phenoxy) is 1. The molecule has 0 saturated carbocycles. The zero-order valence-electron chi connectivity index (χ0n) is 22.1. The molecular weight excluding hydrogens is 597 g/mol. The van der Waals surface area contributed by atoms with E-state index in [1.807, 2.05) is 0 Å². The van der Waals surface area contributed by atoms with Gasteiger partial charge >= 0.3 is 18.5 Å². The Hall–Kier alpha value is -4.63. The highest BCUT2D eigenvalue weighted by molar-refractivity contribution is 5.83. The molecule has 0 radical (unpaired) electrons. The molecule has 0 spiro atoms. The summed E-state index contributed by atoms with van der Waals surface area (Å²) < 4.78 is 128. The molecule has 4 aromatic rings. The number of rotatable bonds is 8. The average molecular weight is 617 g/mol. The van der Waals surface area contributed by atoms with Crippen molar-refractivity contribution in [3.8, 4) is 16.9 Å². The molecule has 0 aliphatic heterocycles. The number of tetrazole rings is 1. The lowest BCUT2D eigenvalue weighted by Crippen LogP contribution is -2.25. The van der Waals surface area contributed by atoms with Gasteiger partial charge in [-0.1, -0.05) is 11.2 Å². The fourth-order valence-corrected chi connectivity index (χ4v) is 4.31. The van der Waals surface area contributed by atoms with Gasteiger partial charge in [0.15, 0.2) is 0 Å². The lowest BCUT2D eigenvalue weighted by molar-refractivity contribution is -0.143. The molecular formula is C27H20F9N5O2. The zero-order chi connectivity index (χ0) is 31.7. The molecule has 4 rings (SSSR count). The van der Waals surface area contributed by atoms with E-state index in [1.54, 1.807) is 0 Å². The summed E-state index contributed by atoms with van der Waals surface area (Å²) in [4.78, 5) is 13.5. The molecule has 0 N–H and O–H groups in total. The summed E-state index contributed by atoms with van der Waals surface area (Å²) in [6, 6.07) is 7.86. The third-order valence-corrected chi connectivity index (χ3v) is 6.25. The second-order valence-corrected chi connectivity index (χ2v) is 9.30. The van der Waals surface area contributed by atoms with E-state index in [9.17, 15) is 44.3 Å². The summed E-state index contributed by atoms with van der Waals surface area (Å²) in [5.74, 6) is -0.103. The standard InChI is InChI=1S/C27H20F9N5O2/c1-40-38-24(37-39-40)41(12-16-7-19(26(31,32)33)11-20(8-16)27(34,35)36)13-17-10-18(25(28,29)30)4-5-21(17)22-9-15(14-42)3-6-23(22)43-2/h3-11,14H,12-13H2,1-2H3. The van der Waals surface area contributed by atoms with Crippen LogP contribution in [-0.4, -0.2) is 33.6 Å². The van der Waals surface area contributed by atoms with E-state index in [0.29, 0.717) is 18.4 Å². The minimum Gasteiger partial charge on any atom is -0.496 e. The Morgan fingerprint density at radius 1 is 0.791 bits per heavy atom. The van der Waals surface area contributed by atoms with E-state index >= 15 is 0 Å². The van der Waals surface area contributed by atoms with Crippen molar-refractivity contribution in [2.45, 2.75) is 31.6 Å². The highest BCUT2D eigenvalue weighted by Gasteiger charge is 2.37. The number of hydrogen-bond acceptors (Lipinski definition) is 6. The topological polar surface area (TPSA) is 73.1 Å². The summed E-state index contributed by atoms with van der Waals surface area (Å²) in [7, 11) is 2.64. The Kier molecular flexibility index (Phi) is 8.42. The van der Waals surface area contributed by atoms with Crippen LogP contribution in [0.2, 0.25) is 0 Å². The molecule has 0 bridgehead atoms. The number of anilines is 1. The lowest BCUT2D eigenvalue weighted by atomic mass is 9.94. The van der Waals surface area contributed by atoms with Crippen LogP contribution in [0.25, 0.3) is 11.1 Å². The molecule has 1 aromatic heterocycles. The molecule has 0 atom stereocenters. The number of aryl methyl sites for hydroxylation is 1. The monoisotopic (exact) mass is 617 g/mol. The Bertz CT molecular complexity index is 1600. The molecule has 7 nitrogen and oxygen atoms in total. The normalized spacial score (nSPS) is 12.3. The Labute approximate surface area is 237 Å². The number of methoxy groups -OCH3 is 1. The van der Waals surface area contributed by atoms with Crippen LogP contribution in [-0.2, 0) is 38.7 Å². The number of halogens is 9. The van der Waals surface area contributed by atoms with Gasteiger partial charge in [-0.25, -0.2) is 0 Å². The summed E-state index contributed by atoms with van der Waals surface area (Å²) in [6.07, 6.45) is -14.5. The molecule has 16 heteroatoms. The predicted octanol–water partition coefficient (Wildman–Crippen LogP) is 6.96. The van der Waals surface area contributed by atoms with E-state index in [2.05, 4.69) is 15.4 Å². The van der Waals surface area contributed by atoms with Gasteiger partial charge in [-0.3, -0.25) is 4.79 Å². The van der Waals surface area contributed by atoms with Crippen LogP contribution < -0.4 is 9.64 Å². The Balaban J connectivity index is 1.89. The zero-order valence-corrected chi connectivity index (χ0v) is 22.1. The Morgan fingerprint density at radius 3 is 1.93 bits per heavy atom. The summed E-state index contributed by atoms with van der Waals surface area (Å²) >= 11 is 0. The number of benzene rings is 3. The van der Waals surface area contributed by atoms with Crippen LogP contribution in [0.4, 0.5) is 45.5 Å². The molecule has 0 aliphatic carbocycles. The van der Waals surface area contributed by atoms with Crippen LogP contribution in [0, 0.1) is 0 Å². The predicted molar refractivity (Wildman–Crippen MR) is 134 cm³/mol. The molecule has 228 valence electrons. The Morgan fingerprint density at radius 2 is 1.42 bits per heavy atom. The molecule has 0 amide bonds. The van der Waals surface area contributed by atoms with E-state index in [1.165, 1.54) is 32.4 Å². The number of aromatic nitrogens is 4. The van der Waals surface area contributed by atoms with Gasteiger partial charge in [0.25, 0.3) is 5.95 Å². The number of carbonyl (C=O) groups is 1. The first-order chi connectivity index (χ1) is 20.0. The number of hydrogen-bond donors (Lipinski definition) is 0. The average Bonchev–Trinajstić information content (AvgIpc) is 3.36. The van der Waals surface area contributed by atoms with Crippen LogP contribution in [0.1, 0.15) is 38.2 Å². The third kappa shape index (κ3) is 7.24.